The molecule has 2 aliphatic rings. The van der Waals surface area contributed by atoms with Gasteiger partial charge in [-0.3, -0.25) is 0 Å². The van der Waals surface area contributed by atoms with Gasteiger partial charge in [0.05, 0.1) is 20.1 Å². The summed E-state index contributed by atoms with van der Waals surface area (Å²) in [5.74, 6) is 1.43. The normalized spacial score (nSPS) is 41.7. The van der Waals surface area contributed by atoms with E-state index in [9.17, 15) is 0 Å². The van der Waals surface area contributed by atoms with E-state index in [-0.39, 0.29) is 30.1 Å². The Bertz CT molecular complexity index is 383. The fourth-order valence-electron chi connectivity index (χ4n) is 2.78. The number of rotatable bonds is 2. The minimum absolute atomic E-state index is 0.147. The van der Waals surface area contributed by atoms with Gasteiger partial charge < -0.3 is 13.7 Å². The minimum atomic E-state index is -1.77. The van der Waals surface area contributed by atoms with Gasteiger partial charge in [0.25, 0.3) is 0 Å². The van der Waals surface area contributed by atoms with Gasteiger partial charge in [-0.1, -0.05) is 27.7 Å². The molecule has 2 fully saturated rings. The quantitative estimate of drug-likeness (QED) is 0.564. The first-order valence-electron chi connectivity index (χ1n) is 7.84. The Morgan fingerprint density at radius 1 is 1.38 bits per heavy atom. The van der Waals surface area contributed by atoms with Gasteiger partial charge in [0.1, 0.15) is 13.4 Å². The number of hydrogen-bond donors (Lipinski definition) is 0. The van der Waals surface area contributed by atoms with Crippen molar-refractivity contribution in [2.75, 3.05) is 19.0 Å². The second-order valence-corrected chi connectivity index (χ2v) is 16.8. The van der Waals surface area contributed by atoms with Crippen molar-refractivity contribution in [3.05, 3.63) is 0 Å². The van der Waals surface area contributed by atoms with Gasteiger partial charge in [-0.15, -0.1) is 11.4 Å². The third kappa shape index (κ3) is 3.56. The van der Waals surface area contributed by atoms with Gasteiger partial charge in [0.2, 0.25) is 0 Å². The Labute approximate surface area is 137 Å². The highest BCUT2D eigenvalue weighted by atomic mass is 32.7. The van der Waals surface area contributed by atoms with Crippen molar-refractivity contribution in [3.8, 4) is 0 Å². The summed E-state index contributed by atoms with van der Waals surface area (Å²) < 4.78 is 19.0. The first-order chi connectivity index (χ1) is 9.48. The molecule has 5 atom stereocenters. The molecule has 2 saturated heterocycles. The monoisotopic (exact) mass is 348 g/mol. The summed E-state index contributed by atoms with van der Waals surface area (Å²) in [7, 11) is 0.0708. The Balaban J connectivity index is 2.12. The van der Waals surface area contributed by atoms with Gasteiger partial charge in [0, 0.05) is 17.7 Å². The third-order valence-electron chi connectivity index (χ3n) is 5.42. The summed E-state index contributed by atoms with van der Waals surface area (Å²) in [4.78, 5) is 0. The van der Waals surface area contributed by atoms with Crippen molar-refractivity contribution in [3.63, 3.8) is 0 Å². The van der Waals surface area contributed by atoms with Gasteiger partial charge in [-0.25, -0.2) is 0 Å². The SMILES string of the molecule is B[C@@H]1O[C@]2(COP(C)SC2)[C@H](C)C1O[Si](C)(C)C(C)(C)C. The van der Waals surface area contributed by atoms with Gasteiger partial charge >= 0.3 is 0 Å². The van der Waals surface area contributed by atoms with E-state index in [1.807, 2.05) is 11.4 Å². The van der Waals surface area contributed by atoms with Crippen LogP contribution in [0, 0.1) is 5.92 Å². The maximum atomic E-state index is 6.70. The lowest BCUT2D eigenvalue weighted by molar-refractivity contribution is -0.0427. The van der Waals surface area contributed by atoms with Crippen LogP contribution in [0.2, 0.25) is 18.1 Å². The minimum Gasteiger partial charge on any atom is -0.412 e. The smallest absolute Gasteiger partial charge is 0.192 e. The molecule has 0 radical (unpaired) electrons. The molecule has 0 aliphatic carbocycles. The van der Waals surface area contributed by atoms with E-state index in [1.165, 1.54) is 0 Å². The number of ether oxygens (including phenoxy) is 1. The molecule has 1 spiro atoms. The molecule has 0 amide bonds. The Morgan fingerprint density at radius 3 is 2.48 bits per heavy atom. The molecule has 122 valence electrons. The van der Waals surface area contributed by atoms with Crippen LogP contribution in [0.5, 0.6) is 0 Å². The fourth-order valence-corrected chi connectivity index (χ4v) is 7.08. The van der Waals surface area contributed by atoms with Crippen LogP contribution in [0.1, 0.15) is 27.7 Å². The predicted molar refractivity (Wildman–Crippen MR) is 98.6 cm³/mol. The fraction of sp³-hybridized carbons (Fsp3) is 1.00. The largest absolute Gasteiger partial charge is 0.412 e. The third-order valence-corrected chi connectivity index (χ3v) is 13.2. The van der Waals surface area contributed by atoms with Crippen molar-refractivity contribution < 1.29 is 13.7 Å². The predicted octanol–water partition coefficient (Wildman–Crippen LogP) is 3.45. The van der Waals surface area contributed by atoms with Gasteiger partial charge in [-0.2, -0.15) is 0 Å². The Morgan fingerprint density at radius 2 is 2.00 bits per heavy atom. The summed E-state index contributed by atoms with van der Waals surface area (Å²) >= 11 is 1.92. The average Bonchev–Trinajstić information content (AvgIpc) is 2.57. The molecule has 2 rings (SSSR count). The summed E-state index contributed by atoms with van der Waals surface area (Å²) in [6.07, 6.45) is 0.191. The zero-order valence-corrected chi connectivity index (χ0v) is 17.4. The van der Waals surface area contributed by atoms with E-state index in [2.05, 4.69) is 55.3 Å². The molecule has 7 heteroatoms. The number of hydrogen-bond acceptors (Lipinski definition) is 4. The molecule has 0 saturated carbocycles. The first kappa shape index (κ1) is 18.3. The van der Waals surface area contributed by atoms with Crippen LogP contribution >= 0.6 is 18.7 Å². The van der Waals surface area contributed by atoms with Crippen molar-refractivity contribution in [1.82, 2.24) is 0 Å². The molecular weight excluding hydrogens is 318 g/mol. The van der Waals surface area contributed by atoms with E-state index in [1.54, 1.807) is 0 Å². The summed E-state index contributed by atoms with van der Waals surface area (Å²) in [6.45, 7) is 16.7. The summed E-state index contributed by atoms with van der Waals surface area (Å²) in [5, 5.41) is 0.234. The van der Waals surface area contributed by atoms with Gasteiger partial charge in [-0.05, 0) is 24.8 Å². The Kier molecular flexibility index (Phi) is 5.31. The molecule has 2 aliphatic heterocycles. The first-order valence-corrected chi connectivity index (χ1v) is 14.0. The standard InChI is InChI=1S/C14H30BO3PSSi/c1-10-11(18-21(6,7)13(2,3)4)12(15)17-14(10)8-16-19(5)20-9-14/h10-12H,8-9,15H2,1-7H3/t10-,11?,12-,14+,19?/m1/s1. The second-order valence-electron chi connectivity index (χ2n) is 8.01. The molecule has 0 aromatic carbocycles. The van der Waals surface area contributed by atoms with Crippen LogP contribution in [-0.2, 0) is 13.7 Å². The lowest BCUT2D eigenvalue weighted by Gasteiger charge is -2.42. The summed E-state index contributed by atoms with van der Waals surface area (Å²) in [6, 6.07) is 0.152. The van der Waals surface area contributed by atoms with Crippen LogP contribution in [0.25, 0.3) is 0 Å². The zero-order valence-electron chi connectivity index (χ0n) is 14.7. The Hall–Kier alpha value is 0.942. The lowest BCUT2D eigenvalue weighted by Crippen LogP contribution is -2.49. The second kappa shape index (κ2) is 6.10. The van der Waals surface area contributed by atoms with Crippen molar-refractivity contribution in [1.29, 1.82) is 0 Å². The van der Waals surface area contributed by atoms with Crippen LogP contribution in [0.3, 0.4) is 0 Å². The highest BCUT2D eigenvalue weighted by Crippen LogP contribution is 2.57. The van der Waals surface area contributed by atoms with Crippen LogP contribution in [0.4, 0.5) is 0 Å². The van der Waals surface area contributed by atoms with E-state index >= 15 is 0 Å². The maximum absolute atomic E-state index is 6.70. The highest BCUT2D eigenvalue weighted by molar-refractivity contribution is 8.54. The molecule has 2 unspecified atom stereocenters. The maximum Gasteiger partial charge on any atom is 0.192 e. The molecule has 0 bridgehead atoms. The van der Waals surface area contributed by atoms with Crippen LogP contribution in [0.15, 0.2) is 0 Å². The molecule has 0 aromatic heterocycles. The zero-order chi connectivity index (χ0) is 16.1. The molecule has 0 aromatic rings. The van der Waals surface area contributed by atoms with Crippen molar-refractivity contribution in [2.45, 2.75) is 63.5 Å². The van der Waals surface area contributed by atoms with E-state index in [0.717, 1.165) is 12.4 Å². The van der Waals surface area contributed by atoms with E-state index < -0.39 is 8.32 Å². The van der Waals surface area contributed by atoms with Crippen LogP contribution in [-0.4, -0.2) is 52.9 Å². The van der Waals surface area contributed by atoms with E-state index in [0.29, 0.717) is 5.92 Å². The molecule has 2 heterocycles. The topological polar surface area (TPSA) is 27.7 Å². The van der Waals surface area contributed by atoms with Crippen LogP contribution < -0.4 is 0 Å². The van der Waals surface area contributed by atoms with Crippen molar-refractivity contribution in [2.24, 2.45) is 5.92 Å². The van der Waals surface area contributed by atoms with Gasteiger partial charge in [0.15, 0.2) is 8.32 Å². The highest BCUT2D eigenvalue weighted by Gasteiger charge is 2.55. The summed E-state index contributed by atoms with van der Waals surface area (Å²) in [5.41, 5.74) is -0.147. The average molecular weight is 348 g/mol. The lowest BCUT2D eigenvalue weighted by atomic mass is 9.84. The molecular formula is C14H30BO3PSSi. The van der Waals surface area contributed by atoms with Crippen molar-refractivity contribution >= 4 is 34.9 Å². The molecule has 21 heavy (non-hydrogen) atoms. The van der Waals surface area contributed by atoms with E-state index in [4.69, 9.17) is 13.7 Å². The molecule has 0 N–H and O–H groups in total. The molecule has 3 nitrogen and oxygen atoms in total.